The molecule has 3 nitrogen and oxygen atoms in total. The number of hydrogen-bond donors (Lipinski definition) is 0. The van der Waals surface area contributed by atoms with Gasteiger partial charge in [0.25, 0.3) is 0 Å². The Hall–Kier alpha value is -1.36. The molecule has 1 heterocycles. The Kier molecular flexibility index (Phi) is 5.05. The maximum Gasteiger partial charge on any atom is 0.238 e. The summed E-state index contributed by atoms with van der Waals surface area (Å²) in [6.07, 6.45) is 0. The summed E-state index contributed by atoms with van der Waals surface area (Å²) in [4.78, 5) is 14.1. The van der Waals surface area contributed by atoms with Crippen molar-refractivity contribution in [2.24, 2.45) is 0 Å². The lowest BCUT2D eigenvalue weighted by Gasteiger charge is -2.25. The largest absolute Gasteiger partial charge is 0.494 e. The fourth-order valence-electron chi connectivity index (χ4n) is 2.51. The van der Waals surface area contributed by atoms with E-state index in [9.17, 15) is 4.79 Å². The Morgan fingerprint density at radius 1 is 1.22 bits per heavy atom. The first kappa shape index (κ1) is 16.5. The summed E-state index contributed by atoms with van der Waals surface area (Å²) in [5, 5.41) is 0.819. The maximum absolute atomic E-state index is 12.4. The average Bonchev–Trinajstić information content (AvgIpc) is 2.93. The van der Waals surface area contributed by atoms with Crippen LogP contribution in [-0.4, -0.2) is 18.3 Å². The van der Waals surface area contributed by atoms with E-state index in [0.29, 0.717) is 22.4 Å². The van der Waals surface area contributed by atoms with Gasteiger partial charge in [0.2, 0.25) is 5.91 Å². The lowest BCUT2D eigenvalue weighted by atomic mass is 10.2. The van der Waals surface area contributed by atoms with Crippen LogP contribution in [0.15, 0.2) is 42.5 Å². The molecule has 0 radical (unpaired) electrons. The fourth-order valence-corrected chi connectivity index (χ4v) is 4.19. The fraction of sp³-hybridized carbons (Fsp3) is 0.235. The molecule has 0 aliphatic carbocycles. The van der Waals surface area contributed by atoms with Gasteiger partial charge in [0.05, 0.1) is 22.4 Å². The van der Waals surface area contributed by atoms with Crippen molar-refractivity contribution in [1.29, 1.82) is 0 Å². The number of carbonyl (C=O) groups excluding carboxylic acids is 1. The SMILES string of the molecule is CCOc1ccc(N2C(=O)CS[C@H]2c2cccc(Cl)c2Cl)cc1. The van der Waals surface area contributed by atoms with E-state index in [1.807, 2.05) is 43.3 Å². The van der Waals surface area contributed by atoms with Gasteiger partial charge in [-0.05, 0) is 37.3 Å². The van der Waals surface area contributed by atoms with E-state index in [1.165, 1.54) is 0 Å². The van der Waals surface area contributed by atoms with Crippen LogP contribution in [0, 0.1) is 0 Å². The molecule has 1 aliphatic rings. The van der Waals surface area contributed by atoms with Crippen molar-refractivity contribution in [3.05, 3.63) is 58.1 Å². The van der Waals surface area contributed by atoms with Crippen LogP contribution >= 0.6 is 35.0 Å². The summed E-state index contributed by atoms with van der Waals surface area (Å²) in [7, 11) is 0. The molecule has 0 aromatic heterocycles. The maximum atomic E-state index is 12.4. The Balaban J connectivity index is 1.95. The van der Waals surface area contributed by atoms with E-state index in [1.54, 1.807) is 22.7 Å². The Labute approximate surface area is 149 Å². The van der Waals surface area contributed by atoms with Crippen LogP contribution in [0.4, 0.5) is 5.69 Å². The summed E-state index contributed by atoms with van der Waals surface area (Å²) in [5.74, 6) is 1.26. The smallest absolute Gasteiger partial charge is 0.238 e. The molecule has 1 amide bonds. The summed E-state index contributed by atoms with van der Waals surface area (Å²) >= 11 is 14.0. The highest BCUT2D eigenvalue weighted by Crippen LogP contribution is 2.45. The molecule has 0 unspecified atom stereocenters. The molecule has 0 spiro atoms. The highest BCUT2D eigenvalue weighted by molar-refractivity contribution is 8.00. The van der Waals surface area contributed by atoms with Gasteiger partial charge in [0.15, 0.2) is 0 Å². The summed E-state index contributed by atoms with van der Waals surface area (Å²) in [6, 6.07) is 13.0. The van der Waals surface area contributed by atoms with Gasteiger partial charge in [-0.3, -0.25) is 9.69 Å². The Morgan fingerprint density at radius 2 is 1.96 bits per heavy atom. The third-order valence-electron chi connectivity index (χ3n) is 3.54. The molecule has 1 aliphatic heterocycles. The number of halogens is 2. The predicted molar refractivity (Wildman–Crippen MR) is 96.8 cm³/mol. The normalized spacial score (nSPS) is 17.6. The minimum absolute atomic E-state index is 0.0557. The average molecular weight is 368 g/mol. The molecule has 120 valence electrons. The number of thioether (sulfide) groups is 1. The van der Waals surface area contributed by atoms with Crippen LogP contribution in [0.2, 0.25) is 10.0 Å². The van der Waals surface area contributed by atoms with Gasteiger partial charge >= 0.3 is 0 Å². The zero-order valence-electron chi connectivity index (χ0n) is 12.5. The summed E-state index contributed by atoms with van der Waals surface area (Å²) < 4.78 is 5.45. The Morgan fingerprint density at radius 3 is 2.65 bits per heavy atom. The van der Waals surface area contributed by atoms with Gasteiger partial charge in [-0.1, -0.05) is 35.3 Å². The number of nitrogens with zero attached hydrogens (tertiary/aromatic N) is 1. The molecule has 0 bridgehead atoms. The van der Waals surface area contributed by atoms with E-state index in [4.69, 9.17) is 27.9 Å². The minimum atomic E-state index is -0.174. The first-order valence-electron chi connectivity index (χ1n) is 7.22. The van der Waals surface area contributed by atoms with Gasteiger partial charge in [0, 0.05) is 11.3 Å². The zero-order chi connectivity index (χ0) is 16.4. The molecule has 2 aromatic carbocycles. The van der Waals surface area contributed by atoms with E-state index >= 15 is 0 Å². The van der Waals surface area contributed by atoms with Crippen molar-refractivity contribution in [2.45, 2.75) is 12.3 Å². The van der Waals surface area contributed by atoms with Gasteiger partial charge in [-0.2, -0.15) is 0 Å². The summed E-state index contributed by atoms with van der Waals surface area (Å²) in [6.45, 7) is 2.55. The lowest BCUT2D eigenvalue weighted by molar-refractivity contribution is -0.115. The zero-order valence-corrected chi connectivity index (χ0v) is 14.8. The van der Waals surface area contributed by atoms with Crippen molar-refractivity contribution < 1.29 is 9.53 Å². The Bertz CT molecular complexity index is 721. The molecular formula is C17H15Cl2NO2S. The standard InChI is InChI=1S/C17H15Cl2NO2S/c1-2-22-12-8-6-11(7-9-12)20-15(21)10-23-17(20)13-4-3-5-14(18)16(13)19/h3-9,17H,2,10H2,1H3/t17-/m0/s1. The van der Waals surface area contributed by atoms with Gasteiger partial charge < -0.3 is 4.74 Å². The molecule has 1 fully saturated rings. The van der Waals surface area contributed by atoms with E-state index in [0.717, 1.165) is 17.0 Å². The van der Waals surface area contributed by atoms with Gasteiger partial charge in [0.1, 0.15) is 11.1 Å². The molecule has 6 heteroatoms. The third kappa shape index (κ3) is 3.30. The topological polar surface area (TPSA) is 29.5 Å². The van der Waals surface area contributed by atoms with E-state index in [-0.39, 0.29) is 11.3 Å². The highest BCUT2D eigenvalue weighted by atomic mass is 35.5. The molecule has 1 saturated heterocycles. The van der Waals surface area contributed by atoms with Crippen molar-refractivity contribution in [3.8, 4) is 5.75 Å². The number of amides is 1. The molecule has 0 saturated carbocycles. The quantitative estimate of drug-likeness (QED) is 0.746. The van der Waals surface area contributed by atoms with Crippen LogP contribution in [0.3, 0.4) is 0 Å². The minimum Gasteiger partial charge on any atom is -0.494 e. The van der Waals surface area contributed by atoms with Crippen LogP contribution in [-0.2, 0) is 4.79 Å². The van der Waals surface area contributed by atoms with Gasteiger partial charge in [-0.25, -0.2) is 0 Å². The number of anilines is 1. The van der Waals surface area contributed by atoms with Crippen molar-refractivity contribution in [3.63, 3.8) is 0 Å². The molecular weight excluding hydrogens is 353 g/mol. The van der Waals surface area contributed by atoms with Gasteiger partial charge in [-0.15, -0.1) is 11.8 Å². The lowest BCUT2D eigenvalue weighted by Crippen LogP contribution is -2.27. The summed E-state index contributed by atoms with van der Waals surface area (Å²) in [5.41, 5.74) is 1.67. The third-order valence-corrected chi connectivity index (χ3v) is 5.57. The number of carbonyl (C=O) groups is 1. The highest BCUT2D eigenvalue weighted by Gasteiger charge is 2.35. The molecule has 3 rings (SSSR count). The van der Waals surface area contributed by atoms with Crippen molar-refractivity contribution in [2.75, 3.05) is 17.3 Å². The van der Waals surface area contributed by atoms with Crippen LogP contribution < -0.4 is 9.64 Å². The number of rotatable bonds is 4. The molecule has 1 atom stereocenters. The second kappa shape index (κ2) is 7.04. The van der Waals surface area contributed by atoms with E-state index in [2.05, 4.69) is 0 Å². The number of hydrogen-bond acceptors (Lipinski definition) is 3. The van der Waals surface area contributed by atoms with Crippen LogP contribution in [0.25, 0.3) is 0 Å². The predicted octanol–water partition coefficient (Wildman–Crippen LogP) is 5.17. The van der Waals surface area contributed by atoms with Crippen LogP contribution in [0.5, 0.6) is 5.75 Å². The van der Waals surface area contributed by atoms with Crippen molar-refractivity contribution in [1.82, 2.24) is 0 Å². The first-order valence-corrected chi connectivity index (χ1v) is 9.02. The molecule has 23 heavy (non-hydrogen) atoms. The van der Waals surface area contributed by atoms with Crippen LogP contribution in [0.1, 0.15) is 17.9 Å². The van der Waals surface area contributed by atoms with Crippen molar-refractivity contribution >= 4 is 46.6 Å². The second-order valence-electron chi connectivity index (χ2n) is 5.00. The monoisotopic (exact) mass is 367 g/mol. The second-order valence-corrected chi connectivity index (χ2v) is 6.85. The number of benzene rings is 2. The number of ether oxygens (including phenoxy) is 1. The first-order chi connectivity index (χ1) is 11.1. The van der Waals surface area contributed by atoms with E-state index < -0.39 is 0 Å². The molecule has 2 aromatic rings. The molecule has 0 N–H and O–H groups in total.